The fraction of sp³-hybridized carbons (Fsp3) is 0.462. The molecule has 1 atom stereocenters. The van der Waals surface area contributed by atoms with E-state index in [2.05, 4.69) is 5.32 Å². The van der Waals surface area contributed by atoms with Crippen LogP contribution in [0.4, 0.5) is 4.79 Å². The molecule has 2 aliphatic rings. The van der Waals surface area contributed by atoms with Gasteiger partial charge in [0.2, 0.25) is 6.79 Å². The van der Waals surface area contributed by atoms with Crippen LogP contribution in [0.15, 0.2) is 12.1 Å². The number of amides is 1. The Morgan fingerprint density at radius 2 is 2.22 bits per heavy atom. The number of carbonyl (C=O) groups excluding carboxylic acids is 1. The summed E-state index contributed by atoms with van der Waals surface area (Å²) in [6.07, 6.45) is 0.602. The monoisotopic (exact) mass is 249 g/mol. The summed E-state index contributed by atoms with van der Waals surface area (Å²) < 4.78 is 15.5. The van der Waals surface area contributed by atoms with Gasteiger partial charge in [-0.1, -0.05) is 0 Å². The molecule has 1 aromatic rings. The molecule has 0 radical (unpaired) electrons. The van der Waals surface area contributed by atoms with Gasteiger partial charge in [-0.25, -0.2) is 4.79 Å². The average molecular weight is 249 g/mol. The van der Waals surface area contributed by atoms with E-state index in [1.807, 2.05) is 12.1 Å². The Kier molecular flexibility index (Phi) is 2.74. The van der Waals surface area contributed by atoms with Gasteiger partial charge in [0.1, 0.15) is 0 Å². The lowest BCUT2D eigenvalue weighted by atomic mass is 9.77. The summed E-state index contributed by atoms with van der Waals surface area (Å²) in [7, 11) is 0. The molecule has 1 heterocycles. The molecule has 1 aromatic carbocycles. The second kappa shape index (κ2) is 4.40. The number of benzene rings is 1. The van der Waals surface area contributed by atoms with Gasteiger partial charge in [0, 0.05) is 12.5 Å². The van der Waals surface area contributed by atoms with Crippen molar-refractivity contribution in [2.45, 2.75) is 19.3 Å². The van der Waals surface area contributed by atoms with Gasteiger partial charge in [-0.2, -0.15) is 0 Å². The lowest BCUT2D eigenvalue weighted by molar-refractivity contribution is 0.151. The maximum Gasteiger partial charge on any atom is 0.407 e. The van der Waals surface area contributed by atoms with E-state index in [1.165, 1.54) is 11.1 Å². The first-order valence-electron chi connectivity index (χ1n) is 6.11. The van der Waals surface area contributed by atoms with Gasteiger partial charge < -0.3 is 19.5 Å². The number of ether oxygens (including phenoxy) is 3. The number of hydrogen-bond donors (Lipinski definition) is 1. The van der Waals surface area contributed by atoms with Crippen molar-refractivity contribution < 1.29 is 19.0 Å². The van der Waals surface area contributed by atoms with Crippen molar-refractivity contribution >= 4 is 6.09 Å². The Balaban J connectivity index is 1.63. The minimum Gasteiger partial charge on any atom is -0.454 e. The third-order valence-electron chi connectivity index (χ3n) is 3.31. The Labute approximate surface area is 105 Å². The Hall–Kier alpha value is -1.91. The molecule has 0 saturated carbocycles. The summed E-state index contributed by atoms with van der Waals surface area (Å²) in [5.41, 5.74) is 2.51. The molecule has 1 amide bonds. The highest BCUT2D eigenvalue weighted by Gasteiger charge is 2.30. The van der Waals surface area contributed by atoms with E-state index in [0.717, 1.165) is 17.9 Å². The molecule has 1 N–H and O–H groups in total. The molecule has 0 saturated heterocycles. The standard InChI is InChI=1S/C13H15NO4/c1-2-16-13(15)14-6-9-3-8-4-11-12(5-10(8)9)18-7-17-11/h4-5,9H,2-3,6-7H2,1H3,(H,14,15). The van der Waals surface area contributed by atoms with Crippen molar-refractivity contribution in [3.63, 3.8) is 0 Å². The fourth-order valence-corrected chi connectivity index (χ4v) is 2.37. The van der Waals surface area contributed by atoms with Gasteiger partial charge >= 0.3 is 6.09 Å². The molecule has 0 fully saturated rings. The largest absolute Gasteiger partial charge is 0.454 e. The predicted octanol–water partition coefficient (Wildman–Crippen LogP) is 1.80. The lowest BCUT2D eigenvalue weighted by Crippen LogP contribution is -2.33. The van der Waals surface area contributed by atoms with E-state index in [4.69, 9.17) is 14.2 Å². The van der Waals surface area contributed by atoms with E-state index in [-0.39, 0.29) is 6.09 Å². The molecule has 1 unspecified atom stereocenters. The van der Waals surface area contributed by atoms with Crippen LogP contribution in [0.3, 0.4) is 0 Å². The van der Waals surface area contributed by atoms with Crippen LogP contribution in [0, 0.1) is 0 Å². The number of alkyl carbamates (subject to hydrolysis) is 1. The molecule has 5 heteroatoms. The molecular weight excluding hydrogens is 234 g/mol. The van der Waals surface area contributed by atoms with E-state index in [1.54, 1.807) is 6.92 Å². The smallest absolute Gasteiger partial charge is 0.407 e. The first kappa shape index (κ1) is 11.2. The minimum atomic E-state index is -0.355. The molecule has 0 spiro atoms. The van der Waals surface area contributed by atoms with Gasteiger partial charge in [-0.05, 0) is 36.6 Å². The normalized spacial score (nSPS) is 18.8. The third-order valence-corrected chi connectivity index (χ3v) is 3.31. The number of fused-ring (bicyclic) bond motifs is 2. The zero-order chi connectivity index (χ0) is 12.5. The molecule has 18 heavy (non-hydrogen) atoms. The van der Waals surface area contributed by atoms with Crippen molar-refractivity contribution in [1.82, 2.24) is 5.32 Å². The van der Waals surface area contributed by atoms with Crippen LogP contribution in [-0.2, 0) is 11.2 Å². The van der Waals surface area contributed by atoms with Crippen molar-refractivity contribution in [2.24, 2.45) is 0 Å². The van der Waals surface area contributed by atoms with Gasteiger partial charge in [-0.3, -0.25) is 0 Å². The molecule has 5 nitrogen and oxygen atoms in total. The second-order valence-electron chi connectivity index (χ2n) is 4.41. The van der Waals surface area contributed by atoms with Crippen LogP contribution in [0.5, 0.6) is 11.5 Å². The SMILES string of the molecule is CCOC(=O)NCC1Cc2cc3c(cc21)OCO3. The molecule has 3 rings (SSSR count). The summed E-state index contributed by atoms with van der Waals surface area (Å²) in [4.78, 5) is 11.2. The van der Waals surface area contributed by atoms with Crippen LogP contribution >= 0.6 is 0 Å². The van der Waals surface area contributed by atoms with Gasteiger partial charge in [0.15, 0.2) is 11.5 Å². The van der Waals surface area contributed by atoms with Crippen molar-refractivity contribution in [3.05, 3.63) is 23.3 Å². The fourth-order valence-electron chi connectivity index (χ4n) is 2.37. The molecular formula is C13H15NO4. The van der Waals surface area contributed by atoms with Crippen LogP contribution in [-0.4, -0.2) is 26.0 Å². The molecule has 1 aliphatic heterocycles. The summed E-state index contributed by atoms with van der Waals surface area (Å²) in [5.74, 6) is 1.97. The molecule has 96 valence electrons. The highest BCUT2D eigenvalue weighted by molar-refractivity contribution is 5.67. The number of nitrogens with one attached hydrogen (secondary N) is 1. The number of hydrogen-bond acceptors (Lipinski definition) is 4. The molecule has 1 aliphatic carbocycles. The van der Waals surface area contributed by atoms with Crippen LogP contribution in [0.2, 0.25) is 0 Å². The molecule has 0 bridgehead atoms. The van der Waals surface area contributed by atoms with Gasteiger partial charge in [0.25, 0.3) is 0 Å². The van der Waals surface area contributed by atoms with Crippen LogP contribution in [0.25, 0.3) is 0 Å². The third kappa shape index (κ3) is 1.85. The van der Waals surface area contributed by atoms with Crippen molar-refractivity contribution in [2.75, 3.05) is 19.9 Å². The van der Waals surface area contributed by atoms with E-state index < -0.39 is 0 Å². The maximum atomic E-state index is 11.2. The Bertz CT molecular complexity index is 486. The van der Waals surface area contributed by atoms with E-state index in [9.17, 15) is 4.79 Å². The summed E-state index contributed by atoms with van der Waals surface area (Å²) >= 11 is 0. The van der Waals surface area contributed by atoms with Crippen molar-refractivity contribution in [3.8, 4) is 11.5 Å². The Morgan fingerprint density at radius 1 is 1.44 bits per heavy atom. The first-order chi connectivity index (χ1) is 8.78. The van der Waals surface area contributed by atoms with Gasteiger partial charge in [0.05, 0.1) is 6.61 Å². The van der Waals surface area contributed by atoms with Crippen LogP contribution < -0.4 is 14.8 Å². The highest BCUT2D eigenvalue weighted by Crippen LogP contribution is 2.43. The second-order valence-corrected chi connectivity index (χ2v) is 4.41. The van der Waals surface area contributed by atoms with Gasteiger partial charge in [-0.15, -0.1) is 0 Å². The number of carbonyl (C=O) groups is 1. The van der Waals surface area contributed by atoms with Crippen molar-refractivity contribution in [1.29, 1.82) is 0 Å². The van der Waals surface area contributed by atoms with Crippen LogP contribution in [0.1, 0.15) is 24.0 Å². The van der Waals surface area contributed by atoms with E-state index >= 15 is 0 Å². The number of rotatable bonds is 3. The van der Waals surface area contributed by atoms with E-state index in [0.29, 0.717) is 25.9 Å². The molecule has 0 aromatic heterocycles. The average Bonchev–Trinajstić information content (AvgIpc) is 2.78. The predicted molar refractivity (Wildman–Crippen MR) is 64.0 cm³/mol. The summed E-state index contributed by atoms with van der Waals surface area (Å²) in [5, 5.41) is 2.76. The lowest BCUT2D eigenvalue weighted by Gasteiger charge is -2.30. The first-order valence-corrected chi connectivity index (χ1v) is 6.11. The zero-order valence-electron chi connectivity index (χ0n) is 10.2. The highest BCUT2D eigenvalue weighted by atomic mass is 16.7. The zero-order valence-corrected chi connectivity index (χ0v) is 10.2. The Morgan fingerprint density at radius 3 is 3.00 bits per heavy atom. The topological polar surface area (TPSA) is 56.8 Å². The minimum absolute atomic E-state index is 0.296. The quantitative estimate of drug-likeness (QED) is 0.887. The summed E-state index contributed by atoms with van der Waals surface area (Å²) in [6.45, 7) is 3.08. The maximum absolute atomic E-state index is 11.2. The summed E-state index contributed by atoms with van der Waals surface area (Å²) in [6, 6.07) is 4.04.